The van der Waals surface area contributed by atoms with Gasteiger partial charge in [0, 0.05) is 38.5 Å². The van der Waals surface area contributed by atoms with Crippen LogP contribution in [-0.2, 0) is 19.4 Å². The Morgan fingerprint density at radius 3 is 2.65 bits per heavy atom. The molecule has 2 heterocycles. The van der Waals surface area contributed by atoms with Crippen molar-refractivity contribution in [3.8, 4) is 0 Å². The van der Waals surface area contributed by atoms with Crippen LogP contribution in [0.4, 0.5) is 5.82 Å². The van der Waals surface area contributed by atoms with Crippen molar-refractivity contribution in [2.45, 2.75) is 23.3 Å². The third-order valence-electron chi connectivity index (χ3n) is 3.28. The van der Waals surface area contributed by atoms with Crippen LogP contribution in [0.5, 0.6) is 0 Å². The fraction of sp³-hybridized carbons (Fsp3) is 0.500. The number of hydrogen-bond acceptors (Lipinski definition) is 6. The quantitative estimate of drug-likeness (QED) is 0.835. The molecule has 0 spiro atoms. The van der Waals surface area contributed by atoms with Crippen molar-refractivity contribution in [3.63, 3.8) is 0 Å². The minimum atomic E-state index is -3.49. The van der Waals surface area contributed by atoms with Gasteiger partial charge in [0.1, 0.15) is 16.3 Å². The normalized spacial score (nSPS) is 18.4. The molecule has 0 aromatic carbocycles. The molecule has 0 saturated carbocycles. The number of rotatable bonds is 4. The molecule has 0 radical (unpaired) electrons. The molecular formula is C12H16N2O5S. The summed E-state index contributed by atoms with van der Waals surface area (Å²) in [4.78, 5) is 15.5. The van der Waals surface area contributed by atoms with Crippen LogP contribution >= 0.6 is 0 Å². The molecule has 1 aromatic heterocycles. The molecule has 2 rings (SSSR count). The van der Waals surface area contributed by atoms with Gasteiger partial charge in [-0.2, -0.15) is 0 Å². The Morgan fingerprint density at radius 1 is 1.45 bits per heavy atom. The van der Waals surface area contributed by atoms with E-state index in [2.05, 4.69) is 10.3 Å². The average Bonchev–Trinajstić information content (AvgIpc) is 2.39. The van der Waals surface area contributed by atoms with Gasteiger partial charge in [-0.1, -0.05) is 0 Å². The highest BCUT2D eigenvalue weighted by Gasteiger charge is 2.41. The Labute approximate surface area is 116 Å². The maximum absolute atomic E-state index is 11.7. The predicted octanol–water partition coefficient (Wildman–Crippen LogP) is 0.531. The summed E-state index contributed by atoms with van der Waals surface area (Å²) in [5.41, 5.74) is -1.24. The summed E-state index contributed by atoms with van der Waals surface area (Å²) in [5, 5.41) is 12.2. The lowest BCUT2D eigenvalue weighted by Gasteiger charge is -2.34. The highest BCUT2D eigenvalue weighted by Crippen LogP contribution is 2.28. The number of sulfone groups is 1. The van der Waals surface area contributed by atoms with Gasteiger partial charge in [0.2, 0.25) is 0 Å². The Hall–Kier alpha value is -1.67. The van der Waals surface area contributed by atoms with E-state index < -0.39 is 21.3 Å². The lowest BCUT2D eigenvalue weighted by Crippen LogP contribution is -2.50. The zero-order valence-electron chi connectivity index (χ0n) is 11.0. The summed E-state index contributed by atoms with van der Waals surface area (Å²) in [6, 6.07) is 2.90. The number of carbonyl (C=O) groups is 1. The number of aromatic nitrogens is 1. The Morgan fingerprint density at radius 2 is 2.10 bits per heavy atom. The molecule has 1 aliphatic rings. The summed E-state index contributed by atoms with van der Waals surface area (Å²) < 4.78 is 28.6. The second kappa shape index (κ2) is 5.37. The predicted molar refractivity (Wildman–Crippen MR) is 71.4 cm³/mol. The molecule has 1 aromatic rings. The number of carboxylic acid groups (broad SMARTS) is 1. The van der Waals surface area contributed by atoms with Crippen LogP contribution < -0.4 is 5.32 Å². The van der Waals surface area contributed by atoms with Gasteiger partial charge >= 0.3 is 5.97 Å². The summed E-state index contributed by atoms with van der Waals surface area (Å²) in [7, 11) is -3.49. The number of nitrogens with zero attached hydrogens (tertiary/aromatic N) is 1. The van der Waals surface area contributed by atoms with Crippen molar-refractivity contribution in [2.24, 2.45) is 0 Å². The van der Waals surface area contributed by atoms with Crippen LogP contribution in [0.3, 0.4) is 0 Å². The number of ether oxygens (including phenoxy) is 1. The van der Waals surface area contributed by atoms with Crippen LogP contribution in [0.15, 0.2) is 23.2 Å². The van der Waals surface area contributed by atoms with E-state index in [0.717, 1.165) is 6.26 Å². The maximum atomic E-state index is 11.7. The third-order valence-corrected chi connectivity index (χ3v) is 4.41. The number of pyridine rings is 1. The number of hydrogen-bond donors (Lipinski definition) is 2. The minimum Gasteiger partial charge on any atom is -0.480 e. The third kappa shape index (κ3) is 2.91. The highest BCUT2D eigenvalue weighted by molar-refractivity contribution is 7.90. The number of carboxylic acids is 1. The first-order chi connectivity index (χ1) is 9.35. The summed E-state index contributed by atoms with van der Waals surface area (Å²) in [6.07, 6.45) is 2.99. The first kappa shape index (κ1) is 14.7. The lowest BCUT2D eigenvalue weighted by atomic mass is 9.90. The molecular weight excluding hydrogens is 284 g/mol. The molecule has 0 aliphatic carbocycles. The van der Waals surface area contributed by atoms with Crippen molar-refractivity contribution in [3.05, 3.63) is 18.3 Å². The van der Waals surface area contributed by atoms with Gasteiger partial charge in [0.05, 0.1) is 0 Å². The SMILES string of the molecule is CS(=O)(=O)c1cccnc1NC1(C(=O)O)CCOCC1. The molecule has 0 unspecified atom stereocenters. The smallest absolute Gasteiger partial charge is 0.329 e. The molecule has 2 N–H and O–H groups in total. The molecule has 1 saturated heterocycles. The van der Waals surface area contributed by atoms with E-state index in [9.17, 15) is 18.3 Å². The van der Waals surface area contributed by atoms with Gasteiger partial charge in [-0.15, -0.1) is 0 Å². The molecule has 7 nitrogen and oxygen atoms in total. The second-order valence-electron chi connectivity index (χ2n) is 4.75. The van der Waals surface area contributed by atoms with Crippen molar-refractivity contribution < 1.29 is 23.1 Å². The van der Waals surface area contributed by atoms with E-state index >= 15 is 0 Å². The Balaban J connectivity index is 2.40. The van der Waals surface area contributed by atoms with Crippen molar-refractivity contribution in [2.75, 3.05) is 24.8 Å². The highest BCUT2D eigenvalue weighted by atomic mass is 32.2. The zero-order chi connectivity index (χ0) is 14.8. The van der Waals surface area contributed by atoms with Gasteiger partial charge in [-0.25, -0.2) is 18.2 Å². The van der Waals surface area contributed by atoms with E-state index in [1.807, 2.05) is 0 Å². The van der Waals surface area contributed by atoms with Crippen molar-refractivity contribution in [1.82, 2.24) is 4.98 Å². The van der Waals surface area contributed by atoms with Crippen molar-refractivity contribution >= 4 is 21.6 Å². The number of anilines is 1. The molecule has 1 fully saturated rings. The van der Waals surface area contributed by atoms with Crippen LogP contribution in [0.25, 0.3) is 0 Å². The molecule has 1 aliphatic heterocycles. The Bertz CT molecular complexity index is 608. The molecule has 8 heteroatoms. The first-order valence-corrected chi connectivity index (χ1v) is 7.99. The van der Waals surface area contributed by atoms with Crippen LogP contribution in [0, 0.1) is 0 Å². The van der Waals surface area contributed by atoms with Crippen molar-refractivity contribution in [1.29, 1.82) is 0 Å². The number of aliphatic carboxylic acids is 1. The molecule has 0 atom stereocenters. The zero-order valence-corrected chi connectivity index (χ0v) is 11.8. The standard InChI is InChI=1S/C12H16N2O5S/c1-20(17,18)9-3-2-6-13-10(9)14-12(11(15)16)4-7-19-8-5-12/h2-3,6H,4-5,7-8H2,1H3,(H,13,14)(H,15,16). The van der Waals surface area contributed by atoms with Gasteiger partial charge in [-0.05, 0) is 12.1 Å². The van der Waals surface area contributed by atoms with Crippen LogP contribution in [0.2, 0.25) is 0 Å². The van der Waals surface area contributed by atoms with Gasteiger partial charge in [0.15, 0.2) is 9.84 Å². The monoisotopic (exact) mass is 300 g/mol. The summed E-state index contributed by atoms with van der Waals surface area (Å²) in [5.74, 6) is -0.967. The first-order valence-electron chi connectivity index (χ1n) is 6.10. The fourth-order valence-corrected chi connectivity index (χ4v) is 2.90. The number of nitrogens with one attached hydrogen (secondary N) is 1. The lowest BCUT2D eigenvalue weighted by molar-refractivity contribution is -0.145. The van der Waals surface area contributed by atoms with Gasteiger partial charge in [-0.3, -0.25) is 0 Å². The summed E-state index contributed by atoms with van der Waals surface area (Å²) >= 11 is 0. The maximum Gasteiger partial charge on any atom is 0.329 e. The second-order valence-corrected chi connectivity index (χ2v) is 6.73. The largest absolute Gasteiger partial charge is 0.480 e. The molecule has 0 amide bonds. The molecule has 20 heavy (non-hydrogen) atoms. The Kier molecular flexibility index (Phi) is 3.96. The molecule has 0 bridgehead atoms. The summed E-state index contributed by atoms with van der Waals surface area (Å²) in [6.45, 7) is 0.612. The van der Waals surface area contributed by atoms with Gasteiger partial charge in [0.25, 0.3) is 0 Å². The van der Waals surface area contributed by atoms with Crippen LogP contribution in [-0.4, -0.2) is 49.5 Å². The molecule has 110 valence electrons. The van der Waals surface area contributed by atoms with Crippen LogP contribution in [0.1, 0.15) is 12.8 Å². The van der Waals surface area contributed by atoms with E-state index in [-0.39, 0.29) is 23.6 Å². The average molecular weight is 300 g/mol. The van der Waals surface area contributed by atoms with Gasteiger partial charge < -0.3 is 15.2 Å². The van der Waals surface area contributed by atoms with E-state index in [0.29, 0.717) is 13.2 Å². The van der Waals surface area contributed by atoms with E-state index in [1.54, 1.807) is 0 Å². The van der Waals surface area contributed by atoms with E-state index in [4.69, 9.17) is 4.74 Å². The minimum absolute atomic E-state index is 0.00730. The van der Waals surface area contributed by atoms with E-state index in [1.165, 1.54) is 18.3 Å². The topological polar surface area (TPSA) is 106 Å². The fourth-order valence-electron chi connectivity index (χ4n) is 2.12.